The molecule has 0 heterocycles. The fraction of sp³-hybridized carbons (Fsp3) is 0.353. The van der Waals surface area contributed by atoms with Crippen LogP contribution in [0.15, 0.2) is 54.1 Å². The number of ketones is 1. The molecule has 10 heteroatoms. The molecule has 3 aromatic rings. The molecule has 10 nitrogen and oxygen atoms in total. The molecule has 0 aromatic heterocycles. The maximum Gasteiger partial charge on any atom is 0.345 e. The summed E-state index contributed by atoms with van der Waals surface area (Å²) in [5.74, 6) is -0.924. The van der Waals surface area contributed by atoms with Gasteiger partial charge in [-0.15, -0.1) is 0 Å². The first-order chi connectivity index (χ1) is 21.2. The number of hydrogen-bond acceptors (Lipinski definition) is 10. The molecule has 0 bridgehead atoms. The van der Waals surface area contributed by atoms with Gasteiger partial charge in [0, 0.05) is 41.5 Å². The lowest BCUT2D eigenvalue weighted by atomic mass is 9.65. The lowest BCUT2D eigenvalue weighted by Gasteiger charge is -2.38. The third-order valence-electron chi connectivity index (χ3n) is 8.05. The predicted molar refractivity (Wildman–Crippen MR) is 163 cm³/mol. The van der Waals surface area contributed by atoms with Crippen molar-refractivity contribution in [3.8, 4) is 40.2 Å². The van der Waals surface area contributed by atoms with Gasteiger partial charge in [-0.3, -0.25) is 4.79 Å². The molecule has 0 spiro atoms. The first-order valence-corrected chi connectivity index (χ1v) is 13.9. The molecule has 1 aliphatic rings. The van der Waals surface area contributed by atoms with Crippen molar-refractivity contribution < 1.29 is 47.9 Å². The van der Waals surface area contributed by atoms with E-state index in [-0.39, 0.29) is 34.2 Å². The maximum absolute atomic E-state index is 14.7. The zero-order valence-corrected chi connectivity index (χ0v) is 26.2. The summed E-state index contributed by atoms with van der Waals surface area (Å²) >= 11 is 0. The highest BCUT2D eigenvalue weighted by Crippen LogP contribution is 2.54. The van der Waals surface area contributed by atoms with Crippen molar-refractivity contribution in [1.82, 2.24) is 0 Å². The van der Waals surface area contributed by atoms with Crippen molar-refractivity contribution in [2.24, 2.45) is 5.92 Å². The lowest BCUT2D eigenvalue weighted by Crippen LogP contribution is -2.32. The Kier molecular flexibility index (Phi) is 9.93. The smallest absolute Gasteiger partial charge is 0.345 e. The van der Waals surface area contributed by atoms with Crippen LogP contribution in [0.3, 0.4) is 0 Å². The van der Waals surface area contributed by atoms with Crippen molar-refractivity contribution in [1.29, 1.82) is 0 Å². The van der Waals surface area contributed by atoms with Gasteiger partial charge in [0.25, 0.3) is 0 Å². The topological polar surface area (TPSA) is 119 Å². The molecule has 0 aliphatic heterocycles. The van der Waals surface area contributed by atoms with Gasteiger partial charge in [-0.1, -0.05) is 17.7 Å². The normalized spacial score (nSPS) is 17.6. The number of benzene rings is 3. The average Bonchev–Trinajstić information content (AvgIpc) is 3.05. The van der Waals surface area contributed by atoms with Crippen LogP contribution in [-0.4, -0.2) is 66.6 Å². The Bertz CT molecular complexity index is 1570. The van der Waals surface area contributed by atoms with Gasteiger partial charge in [0.15, 0.2) is 5.78 Å². The second-order valence-electron chi connectivity index (χ2n) is 10.3. The van der Waals surface area contributed by atoms with Crippen LogP contribution in [0.5, 0.6) is 40.2 Å². The molecule has 3 aromatic carbocycles. The van der Waals surface area contributed by atoms with E-state index in [1.807, 2.05) is 25.1 Å². The van der Waals surface area contributed by atoms with Crippen LogP contribution in [0.2, 0.25) is 0 Å². The summed E-state index contributed by atoms with van der Waals surface area (Å²) in [7, 11) is 10.2. The minimum atomic E-state index is -0.818. The lowest BCUT2D eigenvalue weighted by molar-refractivity contribution is 0.0592. The molecule has 0 amide bonds. The Balaban J connectivity index is 2.07. The first-order valence-electron chi connectivity index (χ1n) is 13.9. The molecule has 0 unspecified atom stereocenters. The van der Waals surface area contributed by atoms with Gasteiger partial charge < -0.3 is 38.3 Å². The fourth-order valence-electron chi connectivity index (χ4n) is 6.05. The van der Waals surface area contributed by atoms with Crippen LogP contribution in [0.4, 0.5) is 0 Å². The number of rotatable bonds is 11. The molecule has 44 heavy (non-hydrogen) atoms. The highest BCUT2D eigenvalue weighted by Gasteiger charge is 2.44. The van der Waals surface area contributed by atoms with E-state index in [1.54, 1.807) is 38.5 Å². The number of carbonyl (C=O) groups excluding carboxylic acids is 2. The van der Waals surface area contributed by atoms with Crippen LogP contribution in [0, 0.1) is 5.92 Å². The summed E-state index contributed by atoms with van der Waals surface area (Å²) in [5, 5.41) is 11.0. The number of phenolic OH excluding ortho intramolecular Hbond substituents is 1. The van der Waals surface area contributed by atoms with Crippen molar-refractivity contribution in [2.45, 2.75) is 25.2 Å². The number of methoxy groups -OCH3 is 7. The quantitative estimate of drug-likeness (QED) is 0.159. The Morgan fingerprint density at radius 1 is 0.750 bits per heavy atom. The van der Waals surface area contributed by atoms with Crippen LogP contribution in [0.25, 0.3) is 0 Å². The molecule has 3 atom stereocenters. The molecular formula is C34H38O10. The zero-order chi connectivity index (χ0) is 32.1. The summed E-state index contributed by atoms with van der Waals surface area (Å²) in [6.45, 7) is 1.98. The van der Waals surface area contributed by atoms with Crippen molar-refractivity contribution in [3.63, 3.8) is 0 Å². The Hall–Kier alpha value is -4.86. The van der Waals surface area contributed by atoms with E-state index in [2.05, 4.69) is 0 Å². The number of phenols is 1. The van der Waals surface area contributed by atoms with Crippen molar-refractivity contribution in [3.05, 3.63) is 76.4 Å². The van der Waals surface area contributed by atoms with E-state index < -0.39 is 23.7 Å². The maximum atomic E-state index is 14.7. The highest BCUT2D eigenvalue weighted by molar-refractivity contribution is 6.02. The van der Waals surface area contributed by atoms with E-state index >= 15 is 0 Å². The highest BCUT2D eigenvalue weighted by atomic mass is 16.5. The summed E-state index contributed by atoms with van der Waals surface area (Å²) in [6, 6.07) is 11.6. The number of allylic oxidation sites excluding steroid dienone is 2. The molecule has 1 N–H and O–H groups in total. The van der Waals surface area contributed by atoms with Crippen LogP contribution >= 0.6 is 0 Å². The van der Waals surface area contributed by atoms with E-state index in [4.69, 9.17) is 33.2 Å². The zero-order valence-electron chi connectivity index (χ0n) is 26.2. The standard InChI is InChI=1S/C34H38O10/c1-18-13-23(21-11-9-20(39-3)16-26(21)40-4)29(32(36)22-12-10-19(38-2)15-25(22)35)24(14-18)30-27(41-5)17-28(42-6)31(33(30)43-7)34(37)44-8/h9-12,14-17,23-24,29,35H,13H2,1-8H3/t23-,24-,29-/m1/s1. The van der Waals surface area contributed by atoms with Crippen molar-refractivity contribution in [2.75, 3.05) is 49.8 Å². The minimum absolute atomic E-state index is 0.0574. The summed E-state index contributed by atoms with van der Waals surface area (Å²) in [4.78, 5) is 27.8. The second-order valence-corrected chi connectivity index (χ2v) is 10.3. The van der Waals surface area contributed by atoms with Gasteiger partial charge in [-0.05, 0) is 37.1 Å². The second kappa shape index (κ2) is 13.6. The predicted octanol–water partition coefficient (Wildman–Crippen LogP) is 5.95. The monoisotopic (exact) mass is 606 g/mol. The molecule has 0 fully saturated rings. The number of ether oxygens (including phenoxy) is 7. The number of Topliss-reactive ketones (excluding diaryl/α,β-unsaturated/α-hetero) is 1. The number of esters is 1. The number of hydrogen-bond donors (Lipinski definition) is 1. The Morgan fingerprint density at radius 3 is 1.95 bits per heavy atom. The Morgan fingerprint density at radius 2 is 1.39 bits per heavy atom. The molecule has 0 saturated heterocycles. The van der Waals surface area contributed by atoms with E-state index in [0.717, 1.165) is 11.1 Å². The van der Waals surface area contributed by atoms with E-state index in [1.165, 1.54) is 41.6 Å². The van der Waals surface area contributed by atoms with Gasteiger partial charge in [-0.25, -0.2) is 4.79 Å². The molecule has 234 valence electrons. The molecule has 0 saturated carbocycles. The van der Waals surface area contributed by atoms with Gasteiger partial charge in [0.2, 0.25) is 0 Å². The summed E-state index contributed by atoms with van der Waals surface area (Å²) in [6.07, 6.45) is 2.49. The number of carbonyl (C=O) groups is 2. The van der Waals surface area contributed by atoms with Crippen LogP contribution in [0.1, 0.15) is 57.0 Å². The summed E-state index contributed by atoms with van der Waals surface area (Å²) in [5.41, 5.74) is 2.39. The van der Waals surface area contributed by atoms with Crippen LogP contribution in [-0.2, 0) is 4.74 Å². The molecule has 0 radical (unpaired) electrons. The Labute approximate surface area is 257 Å². The van der Waals surface area contributed by atoms with Gasteiger partial charge in [-0.2, -0.15) is 0 Å². The number of aromatic hydroxyl groups is 1. The first kappa shape index (κ1) is 32.1. The molecular weight excluding hydrogens is 568 g/mol. The van der Waals surface area contributed by atoms with Gasteiger partial charge >= 0.3 is 5.97 Å². The third-order valence-corrected chi connectivity index (χ3v) is 8.05. The van der Waals surface area contributed by atoms with Crippen molar-refractivity contribution >= 4 is 11.8 Å². The SMILES string of the molecule is COC(=O)c1c(OC)cc(OC)c([C@@H]2C=C(C)C[C@H](c3ccc(OC)cc3OC)[C@H]2C(=O)c2ccc(OC)cc2O)c1OC. The fourth-order valence-corrected chi connectivity index (χ4v) is 6.05. The van der Waals surface area contributed by atoms with E-state index in [9.17, 15) is 14.7 Å². The van der Waals surface area contributed by atoms with Crippen LogP contribution < -0.4 is 28.4 Å². The molecule has 4 rings (SSSR count). The van der Waals surface area contributed by atoms with Gasteiger partial charge in [0.05, 0.1) is 55.3 Å². The largest absolute Gasteiger partial charge is 0.507 e. The summed E-state index contributed by atoms with van der Waals surface area (Å²) < 4.78 is 38.8. The minimum Gasteiger partial charge on any atom is -0.507 e. The van der Waals surface area contributed by atoms with Gasteiger partial charge in [0.1, 0.15) is 45.8 Å². The molecule has 1 aliphatic carbocycles. The van der Waals surface area contributed by atoms with E-state index in [0.29, 0.717) is 35.0 Å². The average molecular weight is 607 g/mol. The third kappa shape index (κ3) is 5.84.